The normalized spacial score (nSPS) is 13.0. The van der Waals surface area contributed by atoms with E-state index in [9.17, 15) is 14.4 Å². The number of carbonyl (C=O) groups excluding carboxylic acids is 4. The highest BCUT2D eigenvalue weighted by molar-refractivity contribution is 7.22. The number of thiazole rings is 1. The third-order valence-electron chi connectivity index (χ3n) is 8.50. The van der Waals surface area contributed by atoms with Crippen molar-refractivity contribution in [3.8, 4) is 5.75 Å². The van der Waals surface area contributed by atoms with Gasteiger partial charge in [0.1, 0.15) is 23.0 Å². The van der Waals surface area contributed by atoms with Gasteiger partial charge < -0.3 is 29.2 Å². The highest BCUT2D eigenvalue weighted by atomic mass is 32.1. The van der Waals surface area contributed by atoms with E-state index in [2.05, 4.69) is 21.1 Å². The minimum absolute atomic E-state index is 0.0592. The van der Waals surface area contributed by atoms with Gasteiger partial charge in [0.15, 0.2) is 11.4 Å². The van der Waals surface area contributed by atoms with Crippen LogP contribution in [0.1, 0.15) is 79.0 Å². The number of aliphatic imine (C=N–C) groups is 1. The van der Waals surface area contributed by atoms with E-state index in [-0.39, 0.29) is 19.5 Å². The molecule has 0 aliphatic heterocycles. The molecule has 0 radical (unpaired) electrons. The molecule has 16 heteroatoms. The van der Waals surface area contributed by atoms with Gasteiger partial charge in [-0.1, -0.05) is 65.9 Å². The second kappa shape index (κ2) is 21.7. The molecule has 3 aromatic carbocycles. The summed E-state index contributed by atoms with van der Waals surface area (Å²) in [6, 6.07) is 19.7. The van der Waals surface area contributed by atoms with Gasteiger partial charge in [-0.2, -0.15) is 0 Å². The zero-order valence-electron chi connectivity index (χ0n) is 36.2. The lowest BCUT2D eigenvalue weighted by molar-refractivity contribution is -0.179. The topological polar surface area (TPSA) is 173 Å². The second-order valence-electron chi connectivity index (χ2n) is 16.0. The fourth-order valence-electron chi connectivity index (χ4n) is 6.03. The van der Waals surface area contributed by atoms with Crippen molar-refractivity contribution in [3.05, 3.63) is 89.5 Å². The molecule has 0 spiro atoms. The monoisotopic (exact) mass is 845 g/mol. The standard InChI is InChI=1S/C44H59N7O8S/c1-11-56-39(57-12-2)29(3)51(27-32-19-16-20-35-37(32)47-41(60-35)48-42(55)59-44(7,8)9)38(53)34(25-30-21-23-33(24-22-30)58-43(4,5)6)46-36(52)28-50(10)49-40(54)45-26-31-17-14-13-15-18-31/h13-24,26,29,34,39H,11-12,25,27-28H2,1-10H3,(H,46,52)(H,49,54)(H,47,48,55)/t29-,34-/m0/s1. The zero-order valence-corrected chi connectivity index (χ0v) is 37.1. The van der Waals surface area contributed by atoms with Crippen molar-refractivity contribution < 1.29 is 38.1 Å². The van der Waals surface area contributed by atoms with Gasteiger partial charge in [-0.15, -0.1) is 0 Å². The number of nitrogens with zero attached hydrogens (tertiary/aromatic N) is 4. The van der Waals surface area contributed by atoms with Gasteiger partial charge in [-0.25, -0.2) is 24.6 Å². The van der Waals surface area contributed by atoms with E-state index >= 15 is 4.79 Å². The largest absolute Gasteiger partial charge is 0.488 e. The van der Waals surface area contributed by atoms with Crippen LogP contribution in [0.25, 0.3) is 10.2 Å². The van der Waals surface area contributed by atoms with Crippen molar-refractivity contribution in [2.24, 2.45) is 4.99 Å². The molecule has 3 N–H and O–H groups in total. The summed E-state index contributed by atoms with van der Waals surface area (Å²) in [5.74, 6) is -0.267. The van der Waals surface area contributed by atoms with E-state index in [1.807, 2.05) is 114 Å². The first-order valence-corrected chi connectivity index (χ1v) is 20.8. The van der Waals surface area contributed by atoms with Crippen molar-refractivity contribution in [1.29, 1.82) is 0 Å². The molecule has 0 unspecified atom stereocenters. The number of nitrogens with one attached hydrogen (secondary N) is 3. The Bertz CT molecular complexity index is 2060. The third-order valence-corrected chi connectivity index (χ3v) is 9.44. The SMILES string of the molecule is CCOC(OCC)[C@H](C)N(Cc1cccc2sc(NC(=O)OC(C)(C)C)nc12)C(=O)[C@H](Cc1ccc(OC(C)(C)C)cc1)NC(=O)CN(C)NC(=O)N=Cc1ccccc1. The van der Waals surface area contributed by atoms with Crippen LogP contribution in [0.3, 0.4) is 0 Å². The fourth-order valence-corrected chi connectivity index (χ4v) is 6.93. The van der Waals surface area contributed by atoms with Crippen molar-refractivity contribution in [3.63, 3.8) is 0 Å². The number of fused-ring (bicyclic) bond motifs is 1. The van der Waals surface area contributed by atoms with Gasteiger partial charge in [0.25, 0.3) is 0 Å². The molecule has 2 atom stereocenters. The van der Waals surface area contributed by atoms with Gasteiger partial charge in [0.2, 0.25) is 11.8 Å². The molecule has 1 heterocycles. The molecule has 0 bridgehead atoms. The lowest BCUT2D eigenvalue weighted by atomic mass is 10.0. The Labute approximate surface area is 356 Å². The van der Waals surface area contributed by atoms with Crippen molar-refractivity contribution in [2.45, 2.75) is 105 Å². The highest BCUT2D eigenvalue weighted by Gasteiger charge is 2.35. The summed E-state index contributed by atoms with van der Waals surface area (Å²) in [5, 5.41) is 7.29. The predicted molar refractivity (Wildman–Crippen MR) is 234 cm³/mol. The molecule has 15 nitrogen and oxygen atoms in total. The zero-order chi connectivity index (χ0) is 44.0. The number of carbonyl (C=O) groups is 4. The van der Waals surface area contributed by atoms with Crippen LogP contribution in [0, 0.1) is 0 Å². The number of hydrogen-bond acceptors (Lipinski definition) is 11. The third kappa shape index (κ3) is 15.3. The molecule has 60 heavy (non-hydrogen) atoms. The van der Waals surface area contributed by atoms with Gasteiger partial charge in [0, 0.05) is 39.4 Å². The summed E-state index contributed by atoms with van der Waals surface area (Å²) in [6.07, 6.45) is 0.116. The molecule has 0 fully saturated rings. The number of hydrogen-bond donors (Lipinski definition) is 3. The van der Waals surface area contributed by atoms with Gasteiger partial charge >= 0.3 is 12.1 Å². The van der Waals surface area contributed by atoms with Crippen LogP contribution in [0.2, 0.25) is 0 Å². The number of benzene rings is 3. The van der Waals surface area contributed by atoms with Gasteiger partial charge in [-0.05, 0) is 97.2 Å². The summed E-state index contributed by atoms with van der Waals surface area (Å²) in [4.78, 5) is 64.3. The highest BCUT2D eigenvalue weighted by Crippen LogP contribution is 2.30. The number of para-hydroxylation sites is 1. The maximum atomic E-state index is 15.1. The van der Waals surface area contributed by atoms with Crippen LogP contribution in [0.4, 0.5) is 14.7 Å². The first kappa shape index (κ1) is 47.3. The van der Waals surface area contributed by atoms with Crippen LogP contribution in [-0.4, -0.2) is 101 Å². The van der Waals surface area contributed by atoms with Crippen LogP contribution in [0.5, 0.6) is 5.75 Å². The van der Waals surface area contributed by atoms with E-state index < -0.39 is 53.5 Å². The average Bonchev–Trinajstić information content (AvgIpc) is 3.58. The van der Waals surface area contributed by atoms with E-state index in [4.69, 9.17) is 23.9 Å². The smallest absolute Gasteiger partial charge is 0.413 e. The number of aromatic nitrogens is 1. The van der Waals surface area contributed by atoms with Crippen LogP contribution < -0.4 is 20.8 Å². The van der Waals surface area contributed by atoms with Crippen LogP contribution >= 0.6 is 11.3 Å². The molecule has 4 rings (SSSR count). The first-order chi connectivity index (χ1) is 28.3. The molecule has 5 amide bonds. The van der Waals surface area contributed by atoms with Crippen LogP contribution in [0.15, 0.2) is 77.8 Å². The van der Waals surface area contributed by atoms with Gasteiger partial charge in [-0.3, -0.25) is 20.3 Å². The molecule has 0 aliphatic carbocycles. The summed E-state index contributed by atoms with van der Waals surface area (Å²) in [5.41, 5.74) is 4.25. The van der Waals surface area contributed by atoms with E-state index in [0.717, 1.165) is 15.8 Å². The van der Waals surface area contributed by atoms with E-state index in [0.29, 0.717) is 35.2 Å². The summed E-state index contributed by atoms with van der Waals surface area (Å²) >= 11 is 1.28. The summed E-state index contributed by atoms with van der Waals surface area (Å²) < 4.78 is 24.3. The number of likely N-dealkylation sites (N-methyl/N-ethyl adjacent to an activating group) is 1. The minimum Gasteiger partial charge on any atom is -0.488 e. The molecular weight excluding hydrogens is 787 g/mol. The van der Waals surface area contributed by atoms with Crippen LogP contribution in [-0.2, 0) is 36.8 Å². The predicted octanol–water partition coefficient (Wildman–Crippen LogP) is 7.34. The molecule has 1 aromatic heterocycles. The lowest BCUT2D eigenvalue weighted by Gasteiger charge is -2.36. The first-order valence-electron chi connectivity index (χ1n) is 19.9. The number of ether oxygens (including phenoxy) is 4. The molecule has 4 aromatic rings. The Morgan fingerprint density at radius 3 is 2.17 bits per heavy atom. The Morgan fingerprint density at radius 1 is 0.883 bits per heavy atom. The van der Waals surface area contributed by atoms with Crippen molar-refractivity contribution in [1.82, 2.24) is 25.6 Å². The Kier molecular flexibility index (Phi) is 17.1. The number of anilines is 1. The Balaban J connectivity index is 1.66. The summed E-state index contributed by atoms with van der Waals surface area (Å²) in [6.45, 7) is 17.2. The molecule has 324 valence electrons. The number of rotatable bonds is 18. The van der Waals surface area contributed by atoms with Gasteiger partial charge in [0.05, 0.1) is 22.8 Å². The minimum atomic E-state index is -1.07. The fraction of sp³-hybridized carbons (Fsp3) is 0.455. The molecule has 0 aliphatic rings. The summed E-state index contributed by atoms with van der Waals surface area (Å²) in [7, 11) is 1.53. The maximum Gasteiger partial charge on any atom is 0.413 e. The van der Waals surface area contributed by atoms with E-state index in [1.165, 1.54) is 29.6 Å². The number of amides is 5. The molecule has 0 saturated carbocycles. The lowest BCUT2D eigenvalue weighted by Crippen LogP contribution is -2.56. The number of urea groups is 1. The average molecular weight is 846 g/mol. The maximum absolute atomic E-state index is 15.1. The Hall–Kier alpha value is -5.42. The molecule has 0 saturated heterocycles. The second-order valence-corrected chi connectivity index (χ2v) is 17.1. The Morgan fingerprint density at radius 2 is 1.55 bits per heavy atom. The molecular formula is C44H59N7O8S. The van der Waals surface area contributed by atoms with Crippen molar-refractivity contribution in [2.75, 3.05) is 32.1 Å². The van der Waals surface area contributed by atoms with E-state index in [1.54, 1.807) is 25.7 Å². The quantitative estimate of drug-likeness (QED) is 0.0523. The number of hydrazine groups is 1. The van der Waals surface area contributed by atoms with Crippen molar-refractivity contribution >= 4 is 56.8 Å².